The van der Waals surface area contributed by atoms with E-state index in [1.807, 2.05) is 18.2 Å². The molecule has 2 heteroatoms. The number of hydrogen-bond acceptors (Lipinski definition) is 2. The Kier molecular flexibility index (Phi) is 4.58. The van der Waals surface area contributed by atoms with Crippen LogP contribution in [0.1, 0.15) is 30.0 Å². The third-order valence-electron chi connectivity index (χ3n) is 3.97. The lowest BCUT2D eigenvalue weighted by atomic mass is 9.74. The van der Waals surface area contributed by atoms with E-state index in [2.05, 4.69) is 50.2 Å². The molecule has 0 fully saturated rings. The molecule has 0 aliphatic heterocycles. The van der Waals surface area contributed by atoms with Crippen LogP contribution in [0.2, 0.25) is 0 Å². The van der Waals surface area contributed by atoms with E-state index in [1.165, 1.54) is 16.7 Å². The molecule has 2 aromatic carbocycles. The number of aryl methyl sites for hydroxylation is 1. The summed E-state index contributed by atoms with van der Waals surface area (Å²) < 4.78 is 0. The van der Waals surface area contributed by atoms with Crippen LogP contribution in [0, 0.1) is 6.92 Å². The Labute approximate surface area is 121 Å². The largest absolute Gasteiger partial charge is 0.379 e. The molecule has 0 radical (unpaired) electrons. The van der Waals surface area contributed by atoms with E-state index in [0.29, 0.717) is 6.42 Å². The van der Waals surface area contributed by atoms with Gasteiger partial charge < -0.3 is 10.8 Å². The zero-order chi connectivity index (χ0) is 14.6. The first kappa shape index (κ1) is 14.8. The Morgan fingerprint density at radius 2 is 1.65 bits per heavy atom. The highest BCUT2D eigenvalue weighted by atomic mass is 16.3. The van der Waals surface area contributed by atoms with Gasteiger partial charge in [-0.1, -0.05) is 61.5 Å². The smallest absolute Gasteiger partial charge is 0.103 e. The van der Waals surface area contributed by atoms with Gasteiger partial charge in [-0.3, -0.25) is 0 Å². The van der Waals surface area contributed by atoms with Crippen molar-refractivity contribution < 1.29 is 5.11 Å². The van der Waals surface area contributed by atoms with Crippen molar-refractivity contribution in [3.63, 3.8) is 0 Å². The summed E-state index contributed by atoms with van der Waals surface area (Å²) in [6.07, 6.45) is 0.618. The third-order valence-corrected chi connectivity index (χ3v) is 3.97. The average molecular weight is 269 g/mol. The lowest BCUT2D eigenvalue weighted by Gasteiger charge is -2.32. The predicted molar refractivity (Wildman–Crippen MR) is 83.5 cm³/mol. The first-order chi connectivity index (χ1) is 9.51. The molecule has 2 rings (SSSR count). The minimum atomic E-state index is -0.802. The lowest BCUT2D eigenvalue weighted by molar-refractivity contribution is 0.140. The second-order valence-corrected chi connectivity index (χ2v) is 5.80. The SMILES string of the molecule is Cc1ccccc1CC(C)(C[C@H](N)O)c1ccccc1. The fourth-order valence-corrected chi connectivity index (χ4v) is 2.82. The Morgan fingerprint density at radius 3 is 2.25 bits per heavy atom. The molecule has 106 valence electrons. The molecule has 0 saturated carbocycles. The average Bonchev–Trinajstić information content (AvgIpc) is 2.42. The van der Waals surface area contributed by atoms with Crippen LogP contribution in [0.5, 0.6) is 0 Å². The number of rotatable bonds is 5. The highest BCUT2D eigenvalue weighted by molar-refractivity contribution is 5.32. The van der Waals surface area contributed by atoms with Crippen molar-refractivity contribution in [2.75, 3.05) is 0 Å². The number of aliphatic hydroxyl groups excluding tert-OH is 1. The Bertz CT molecular complexity index is 550. The molecule has 2 atom stereocenters. The maximum atomic E-state index is 9.67. The van der Waals surface area contributed by atoms with Gasteiger partial charge in [0.1, 0.15) is 6.23 Å². The normalized spacial score (nSPS) is 15.6. The topological polar surface area (TPSA) is 46.2 Å². The maximum absolute atomic E-state index is 9.67. The van der Waals surface area contributed by atoms with Crippen LogP contribution in [0.15, 0.2) is 54.6 Å². The molecule has 3 N–H and O–H groups in total. The van der Waals surface area contributed by atoms with Gasteiger partial charge in [-0.2, -0.15) is 0 Å². The minimum absolute atomic E-state index is 0.165. The van der Waals surface area contributed by atoms with Crippen LogP contribution in [0.3, 0.4) is 0 Å². The van der Waals surface area contributed by atoms with Crippen LogP contribution in [0.25, 0.3) is 0 Å². The van der Waals surface area contributed by atoms with Crippen LogP contribution in [-0.2, 0) is 11.8 Å². The first-order valence-electron chi connectivity index (χ1n) is 7.05. The van der Waals surface area contributed by atoms with E-state index in [-0.39, 0.29) is 5.41 Å². The summed E-state index contributed by atoms with van der Waals surface area (Å²) >= 11 is 0. The van der Waals surface area contributed by atoms with Gasteiger partial charge >= 0.3 is 0 Å². The highest BCUT2D eigenvalue weighted by Crippen LogP contribution is 2.33. The Balaban J connectivity index is 2.35. The van der Waals surface area contributed by atoms with E-state index in [0.717, 1.165) is 6.42 Å². The standard InChI is InChI=1S/C18H23NO/c1-14-8-6-7-9-15(14)12-18(2,13-17(19)20)16-10-4-3-5-11-16/h3-11,17,20H,12-13,19H2,1-2H3/t17-,18?/m1/s1. The van der Waals surface area contributed by atoms with Gasteiger partial charge in [0.15, 0.2) is 0 Å². The van der Waals surface area contributed by atoms with Crippen molar-refractivity contribution >= 4 is 0 Å². The molecule has 0 aliphatic carbocycles. The van der Waals surface area contributed by atoms with Gasteiger partial charge in [-0.25, -0.2) is 0 Å². The summed E-state index contributed by atoms with van der Waals surface area (Å²) in [4.78, 5) is 0. The Morgan fingerprint density at radius 1 is 1.05 bits per heavy atom. The first-order valence-corrected chi connectivity index (χ1v) is 7.05. The zero-order valence-corrected chi connectivity index (χ0v) is 12.2. The van der Waals surface area contributed by atoms with Crippen LogP contribution < -0.4 is 5.73 Å². The summed E-state index contributed by atoms with van der Waals surface area (Å²) in [6.45, 7) is 4.30. The van der Waals surface area contributed by atoms with E-state index < -0.39 is 6.23 Å². The maximum Gasteiger partial charge on any atom is 0.103 e. The van der Waals surface area contributed by atoms with E-state index in [4.69, 9.17) is 5.73 Å². The molecule has 0 spiro atoms. The number of benzene rings is 2. The van der Waals surface area contributed by atoms with E-state index in [1.54, 1.807) is 0 Å². The van der Waals surface area contributed by atoms with Crippen LogP contribution in [0.4, 0.5) is 0 Å². The zero-order valence-electron chi connectivity index (χ0n) is 12.2. The van der Waals surface area contributed by atoms with Gasteiger partial charge in [0.05, 0.1) is 0 Å². The summed E-state index contributed by atoms with van der Waals surface area (Å²) in [5.74, 6) is 0. The molecule has 0 aliphatic rings. The molecule has 20 heavy (non-hydrogen) atoms. The predicted octanol–water partition coefficient (Wildman–Crippen LogP) is 3.16. The van der Waals surface area contributed by atoms with Gasteiger partial charge in [-0.05, 0) is 36.5 Å². The molecular formula is C18H23NO. The van der Waals surface area contributed by atoms with Crippen LogP contribution >= 0.6 is 0 Å². The number of nitrogens with two attached hydrogens (primary N) is 1. The molecule has 0 bridgehead atoms. The minimum Gasteiger partial charge on any atom is -0.379 e. The summed E-state index contributed by atoms with van der Waals surface area (Å²) in [7, 11) is 0. The van der Waals surface area contributed by atoms with Crippen molar-refractivity contribution in [2.45, 2.75) is 38.3 Å². The molecular weight excluding hydrogens is 246 g/mol. The third kappa shape index (κ3) is 3.47. The number of aliphatic hydroxyl groups is 1. The summed E-state index contributed by atoms with van der Waals surface area (Å²) in [6, 6.07) is 18.7. The second-order valence-electron chi connectivity index (χ2n) is 5.80. The van der Waals surface area contributed by atoms with Gasteiger partial charge in [0.2, 0.25) is 0 Å². The van der Waals surface area contributed by atoms with Crippen molar-refractivity contribution in [1.82, 2.24) is 0 Å². The van der Waals surface area contributed by atoms with Crippen molar-refractivity contribution in [3.05, 3.63) is 71.3 Å². The van der Waals surface area contributed by atoms with Gasteiger partial charge in [0, 0.05) is 5.41 Å². The fraction of sp³-hybridized carbons (Fsp3) is 0.333. The van der Waals surface area contributed by atoms with E-state index >= 15 is 0 Å². The number of hydrogen-bond donors (Lipinski definition) is 2. The van der Waals surface area contributed by atoms with Crippen molar-refractivity contribution in [1.29, 1.82) is 0 Å². The second kappa shape index (κ2) is 6.21. The summed E-state index contributed by atoms with van der Waals surface area (Å²) in [5.41, 5.74) is 9.30. The summed E-state index contributed by atoms with van der Waals surface area (Å²) in [5, 5.41) is 9.67. The monoisotopic (exact) mass is 269 g/mol. The molecule has 0 amide bonds. The molecule has 0 heterocycles. The van der Waals surface area contributed by atoms with Gasteiger partial charge in [-0.15, -0.1) is 0 Å². The highest BCUT2D eigenvalue weighted by Gasteiger charge is 2.29. The molecule has 0 saturated heterocycles. The van der Waals surface area contributed by atoms with Crippen molar-refractivity contribution in [3.8, 4) is 0 Å². The Hall–Kier alpha value is -1.64. The van der Waals surface area contributed by atoms with Gasteiger partial charge in [0.25, 0.3) is 0 Å². The fourth-order valence-electron chi connectivity index (χ4n) is 2.82. The molecule has 2 nitrogen and oxygen atoms in total. The molecule has 1 unspecified atom stereocenters. The molecule has 2 aromatic rings. The lowest BCUT2D eigenvalue weighted by Crippen LogP contribution is -2.34. The molecule has 0 aromatic heterocycles. The van der Waals surface area contributed by atoms with E-state index in [9.17, 15) is 5.11 Å². The van der Waals surface area contributed by atoms with Crippen molar-refractivity contribution in [2.24, 2.45) is 5.73 Å². The quantitative estimate of drug-likeness (QED) is 0.819. The van der Waals surface area contributed by atoms with Crippen LogP contribution in [-0.4, -0.2) is 11.3 Å².